The van der Waals surface area contributed by atoms with Crippen molar-refractivity contribution in [1.82, 2.24) is 0 Å². The van der Waals surface area contributed by atoms with E-state index < -0.39 is 26.3 Å². The van der Waals surface area contributed by atoms with Crippen LogP contribution < -0.4 is 0 Å². The highest BCUT2D eigenvalue weighted by molar-refractivity contribution is 7.86. The lowest BCUT2D eigenvalue weighted by Gasteiger charge is -2.13. The van der Waals surface area contributed by atoms with Crippen LogP contribution in [0.25, 0.3) is 0 Å². The van der Waals surface area contributed by atoms with Gasteiger partial charge in [-0.3, -0.25) is 8.37 Å². The summed E-state index contributed by atoms with van der Waals surface area (Å²) in [6.45, 7) is 1.07. The summed E-state index contributed by atoms with van der Waals surface area (Å²) >= 11 is 0. The maximum Gasteiger partial charge on any atom is 0.271 e. The molecule has 0 aliphatic carbocycles. The molecule has 0 aromatic heterocycles. The minimum absolute atomic E-state index is 0.280. The molecule has 0 amide bonds. The molecule has 8 heteroatoms. The fraction of sp³-hybridized carbons (Fsp3) is 0.294. The highest BCUT2D eigenvalue weighted by Crippen LogP contribution is 2.12. The smallest absolute Gasteiger partial charge is 0.267 e. The average Bonchev–Trinajstić information content (AvgIpc) is 2.54. The van der Waals surface area contributed by atoms with E-state index in [-0.39, 0.29) is 18.1 Å². The molecule has 0 aliphatic rings. The van der Waals surface area contributed by atoms with E-state index in [9.17, 15) is 16.8 Å². The minimum atomic E-state index is -3.84. The van der Waals surface area contributed by atoms with Gasteiger partial charge in [-0.1, -0.05) is 60.7 Å². The van der Waals surface area contributed by atoms with Crippen molar-refractivity contribution in [2.75, 3.05) is 6.61 Å². The van der Waals surface area contributed by atoms with Crippen LogP contribution in [-0.2, 0) is 40.1 Å². The first-order valence-corrected chi connectivity index (χ1v) is 10.8. The quantitative estimate of drug-likeness (QED) is 0.617. The van der Waals surface area contributed by atoms with Crippen LogP contribution in [0.2, 0.25) is 0 Å². The molecule has 0 fully saturated rings. The predicted octanol–water partition coefficient (Wildman–Crippen LogP) is 2.47. The molecule has 0 saturated carbocycles. The topological polar surface area (TPSA) is 86.7 Å². The average molecular weight is 384 g/mol. The van der Waals surface area contributed by atoms with Crippen LogP contribution in [0.15, 0.2) is 60.7 Å². The summed E-state index contributed by atoms with van der Waals surface area (Å²) < 4.78 is 57.7. The Morgan fingerprint density at radius 1 is 0.760 bits per heavy atom. The third-order valence-electron chi connectivity index (χ3n) is 3.17. The Morgan fingerprint density at radius 2 is 1.20 bits per heavy atom. The van der Waals surface area contributed by atoms with Crippen molar-refractivity contribution in [1.29, 1.82) is 0 Å². The summed E-state index contributed by atoms with van der Waals surface area (Å²) in [7, 11) is -7.65. The van der Waals surface area contributed by atoms with E-state index in [1.165, 1.54) is 6.92 Å². The summed E-state index contributed by atoms with van der Waals surface area (Å²) in [4.78, 5) is 0. The van der Waals surface area contributed by atoms with Crippen LogP contribution >= 0.6 is 0 Å². The van der Waals surface area contributed by atoms with E-state index in [1.807, 2.05) is 0 Å². The molecule has 0 saturated heterocycles. The van der Waals surface area contributed by atoms with Crippen molar-refractivity contribution in [3.8, 4) is 0 Å². The van der Waals surface area contributed by atoms with Gasteiger partial charge in [0, 0.05) is 0 Å². The third kappa shape index (κ3) is 7.35. The Bertz CT molecular complexity index is 862. The maximum atomic E-state index is 12.0. The second kappa shape index (κ2) is 8.57. The molecule has 0 heterocycles. The monoisotopic (exact) mass is 384 g/mol. The van der Waals surface area contributed by atoms with E-state index in [1.54, 1.807) is 60.7 Å². The van der Waals surface area contributed by atoms with Gasteiger partial charge in [-0.15, -0.1) is 0 Å². The molecule has 0 radical (unpaired) electrons. The van der Waals surface area contributed by atoms with Crippen molar-refractivity contribution in [2.24, 2.45) is 0 Å². The predicted molar refractivity (Wildman–Crippen MR) is 94.6 cm³/mol. The molecule has 0 N–H and O–H groups in total. The van der Waals surface area contributed by atoms with Gasteiger partial charge in [0.25, 0.3) is 20.2 Å². The van der Waals surface area contributed by atoms with Crippen LogP contribution in [0.5, 0.6) is 0 Å². The van der Waals surface area contributed by atoms with Crippen LogP contribution in [0, 0.1) is 0 Å². The standard InChI is InChI=1S/C17H20O6S2/c1-15(23-25(20,21)14-17-10-6-3-7-11-17)12-22-24(18,19)13-16-8-4-2-5-9-16/h2-11,15H,12-14H2,1H3/t15-/m1/s1. The molecule has 2 aromatic rings. The fourth-order valence-electron chi connectivity index (χ4n) is 2.11. The van der Waals surface area contributed by atoms with Gasteiger partial charge in [0.15, 0.2) is 0 Å². The van der Waals surface area contributed by atoms with Crippen LogP contribution in [0.3, 0.4) is 0 Å². The van der Waals surface area contributed by atoms with Gasteiger partial charge in [0.05, 0.1) is 12.7 Å². The van der Waals surface area contributed by atoms with Crippen LogP contribution in [0.4, 0.5) is 0 Å². The summed E-state index contributed by atoms with van der Waals surface area (Å²) in [5, 5.41) is 0. The first kappa shape index (κ1) is 19.6. The van der Waals surface area contributed by atoms with E-state index in [2.05, 4.69) is 0 Å². The van der Waals surface area contributed by atoms with Gasteiger partial charge in [0.1, 0.15) is 11.5 Å². The number of hydrogen-bond acceptors (Lipinski definition) is 6. The highest BCUT2D eigenvalue weighted by Gasteiger charge is 2.20. The summed E-state index contributed by atoms with van der Waals surface area (Å²) in [6.07, 6.45) is -0.917. The molecule has 0 spiro atoms. The Morgan fingerprint density at radius 3 is 1.68 bits per heavy atom. The molecule has 25 heavy (non-hydrogen) atoms. The van der Waals surface area contributed by atoms with E-state index in [4.69, 9.17) is 8.37 Å². The zero-order valence-corrected chi connectivity index (χ0v) is 15.4. The molecule has 6 nitrogen and oxygen atoms in total. The lowest BCUT2D eigenvalue weighted by Crippen LogP contribution is -2.24. The molecular weight excluding hydrogens is 364 g/mol. The van der Waals surface area contributed by atoms with Crippen molar-refractivity contribution < 1.29 is 25.2 Å². The number of rotatable bonds is 9. The summed E-state index contributed by atoms with van der Waals surface area (Å²) in [5.74, 6) is -0.563. The Hall–Kier alpha value is -1.74. The van der Waals surface area contributed by atoms with Crippen molar-refractivity contribution in [3.63, 3.8) is 0 Å². The Labute approximate surface area is 148 Å². The highest BCUT2D eigenvalue weighted by atomic mass is 32.2. The second-order valence-electron chi connectivity index (χ2n) is 5.57. The van der Waals surface area contributed by atoms with Crippen molar-refractivity contribution >= 4 is 20.2 Å². The largest absolute Gasteiger partial charge is 0.271 e. The Kier molecular flexibility index (Phi) is 6.71. The lowest BCUT2D eigenvalue weighted by molar-refractivity contribution is 0.152. The zero-order valence-electron chi connectivity index (χ0n) is 13.7. The number of hydrogen-bond donors (Lipinski definition) is 0. The molecule has 2 rings (SSSR count). The van der Waals surface area contributed by atoms with Crippen LogP contribution in [0.1, 0.15) is 18.1 Å². The zero-order chi connectivity index (χ0) is 18.3. The Balaban J connectivity index is 1.86. The van der Waals surface area contributed by atoms with Gasteiger partial charge < -0.3 is 0 Å². The first-order chi connectivity index (χ1) is 11.8. The molecule has 0 aliphatic heterocycles. The second-order valence-corrected chi connectivity index (χ2v) is 8.80. The van der Waals surface area contributed by atoms with Gasteiger partial charge in [-0.2, -0.15) is 16.8 Å². The molecule has 0 unspecified atom stereocenters. The van der Waals surface area contributed by atoms with Gasteiger partial charge >= 0.3 is 0 Å². The molecular formula is C17H20O6S2. The number of benzene rings is 2. The van der Waals surface area contributed by atoms with Gasteiger partial charge in [0.2, 0.25) is 0 Å². The van der Waals surface area contributed by atoms with E-state index in [0.29, 0.717) is 11.1 Å². The molecule has 136 valence electrons. The third-order valence-corrected chi connectivity index (χ3v) is 5.66. The lowest BCUT2D eigenvalue weighted by atomic mass is 10.2. The van der Waals surface area contributed by atoms with E-state index in [0.717, 1.165) is 0 Å². The summed E-state index contributed by atoms with van der Waals surface area (Å²) in [5.41, 5.74) is 1.18. The van der Waals surface area contributed by atoms with Crippen molar-refractivity contribution in [2.45, 2.75) is 24.5 Å². The van der Waals surface area contributed by atoms with Gasteiger partial charge in [-0.25, -0.2) is 0 Å². The minimum Gasteiger partial charge on any atom is -0.267 e. The molecule has 0 bridgehead atoms. The van der Waals surface area contributed by atoms with E-state index >= 15 is 0 Å². The van der Waals surface area contributed by atoms with Crippen molar-refractivity contribution in [3.05, 3.63) is 71.8 Å². The van der Waals surface area contributed by atoms with Crippen LogP contribution in [-0.4, -0.2) is 29.5 Å². The molecule has 1 atom stereocenters. The summed E-state index contributed by atoms with van der Waals surface area (Å²) in [6, 6.07) is 17.2. The van der Waals surface area contributed by atoms with Gasteiger partial charge in [-0.05, 0) is 18.1 Å². The SMILES string of the molecule is C[C@H](COS(=O)(=O)Cc1ccccc1)OS(=O)(=O)Cc1ccccc1. The normalized spacial score (nSPS) is 13.5. The fourth-order valence-corrected chi connectivity index (χ4v) is 4.42. The molecule has 2 aromatic carbocycles. The first-order valence-electron chi connectivity index (χ1n) is 7.62. The maximum absolute atomic E-state index is 12.0.